The molecule has 0 bridgehead atoms. The van der Waals surface area contributed by atoms with Gasteiger partial charge in [0.25, 0.3) is 11.8 Å². The van der Waals surface area contributed by atoms with E-state index in [9.17, 15) is 14.4 Å². The van der Waals surface area contributed by atoms with Gasteiger partial charge in [-0.15, -0.1) is 0 Å². The van der Waals surface area contributed by atoms with E-state index in [1.54, 1.807) is 25.1 Å². The van der Waals surface area contributed by atoms with Crippen molar-refractivity contribution < 1.29 is 19.1 Å². The zero-order valence-electron chi connectivity index (χ0n) is 15.7. The SMILES string of the molecule is C=CCOc1c(Cl)cc(/C=C2\C(=O)NC(=O)N(c3cccc(Cl)c3C)C2=O)cc1Cl. The third kappa shape index (κ3) is 4.21. The van der Waals surface area contributed by atoms with Gasteiger partial charge >= 0.3 is 6.03 Å². The largest absolute Gasteiger partial charge is 0.486 e. The van der Waals surface area contributed by atoms with Crippen molar-refractivity contribution in [3.63, 3.8) is 0 Å². The summed E-state index contributed by atoms with van der Waals surface area (Å²) < 4.78 is 5.40. The zero-order chi connectivity index (χ0) is 22.0. The summed E-state index contributed by atoms with van der Waals surface area (Å²) in [6.45, 7) is 5.42. The van der Waals surface area contributed by atoms with Crippen LogP contribution in [-0.4, -0.2) is 24.5 Å². The molecule has 30 heavy (non-hydrogen) atoms. The molecule has 6 nitrogen and oxygen atoms in total. The predicted octanol–water partition coefficient (Wildman–Crippen LogP) is 5.19. The number of anilines is 1. The number of barbiturate groups is 1. The molecule has 0 atom stereocenters. The van der Waals surface area contributed by atoms with E-state index < -0.39 is 17.8 Å². The molecule has 0 unspecified atom stereocenters. The van der Waals surface area contributed by atoms with Crippen molar-refractivity contribution in [1.82, 2.24) is 5.32 Å². The molecule has 0 radical (unpaired) electrons. The van der Waals surface area contributed by atoms with Crippen LogP contribution >= 0.6 is 34.8 Å². The Kier molecular flexibility index (Phi) is 6.51. The molecule has 0 aliphatic carbocycles. The number of ether oxygens (including phenoxy) is 1. The number of urea groups is 1. The van der Waals surface area contributed by atoms with Crippen LogP contribution in [0, 0.1) is 6.92 Å². The lowest BCUT2D eigenvalue weighted by molar-refractivity contribution is -0.122. The molecule has 0 aromatic heterocycles. The van der Waals surface area contributed by atoms with Gasteiger partial charge in [0, 0.05) is 5.02 Å². The summed E-state index contributed by atoms with van der Waals surface area (Å²) in [6, 6.07) is 6.92. The van der Waals surface area contributed by atoms with E-state index in [1.807, 2.05) is 0 Å². The molecule has 2 aromatic rings. The van der Waals surface area contributed by atoms with E-state index in [2.05, 4.69) is 11.9 Å². The van der Waals surface area contributed by atoms with Crippen LogP contribution in [-0.2, 0) is 9.59 Å². The first-order valence-electron chi connectivity index (χ1n) is 8.64. The van der Waals surface area contributed by atoms with Gasteiger partial charge in [0.05, 0.1) is 15.7 Å². The Morgan fingerprint density at radius 1 is 1.10 bits per heavy atom. The van der Waals surface area contributed by atoms with Crippen LogP contribution in [0.25, 0.3) is 6.08 Å². The summed E-state index contributed by atoms with van der Waals surface area (Å²) in [5.41, 5.74) is 0.909. The highest BCUT2D eigenvalue weighted by molar-refractivity contribution is 6.40. The zero-order valence-corrected chi connectivity index (χ0v) is 17.9. The number of hydrogen-bond acceptors (Lipinski definition) is 4. The topological polar surface area (TPSA) is 75.7 Å². The highest BCUT2D eigenvalue weighted by Gasteiger charge is 2.37. The van der Waals surface area contributed by atoms with Crippen LogP contribution in [0.2, 0.25) is 15.1 Å². The van der Waals surface area contributed by atoms with Gasteiger partial charge in [0.15, 0.2) is 5.75 Å². The highest BCUT2D eigenvalue weighted by atomic mass is 35.5. The molecule has 1 aliphatic rings. The molecule has 1 saturated heterocycles. The molecule has 1 N–H and O–H groups in total. The number of hydrogen-bond donors (Lipinski definition) is 1. The Labute approximate surface area is 187 Å². The number of halogens is 3. The fourth-order valence-electron chi connectivity index (χ4n) is 2.82. The molecule has 2 aromatic carbocycles. The summed E-state index contributed by atoms with van der Waals surface area (Å²) in [7, 11) is 0. The third-order valence-corrected chi connectivity index (χ3v) is 5.23. The predicted molar refractivity (Wildman–Crippen MR) is 117 cm³/mol. The highest BCUT2D eigenvalue weighted by Crippen LogP contribution is 2.35. The summed E-state index contributed by atoms with van der Waals surface area (Å²) >= 11 is 18.5. The van der Waals surface area contributed by atoms with Gasteiger partial charge in [-0.1, -0.05) is 53.5 Å². The van der Waals surface area contributed by atoms with E-state index in [0.717, 1.165) is 4.90 Å². The number of nitrogens with zero attached hydrogens (tertiary/aromatic N) is 1. The van der Waals surface area contributed by atoms with Gasteiger partial charge in [-0.3, -0.25) is 14.9 Å². The first-order valence-corrected chi connectivity index (χ1v) is 9.77. The van der Waals surface area contributed by atoms with Gasteiger partial charge in [-0.05, 0) is 48.4 Å². The van der Waals surface area contributed by atoms with Crippen molar-refractivity contribution in [2.45, 2.75) is 6.92 Å². The van der Waals surface area contributed by atoms with Crippen molar-refractivity contribution in [3.8, 4) is 5.75 Å². The summed E-state index contributed by atoms with van der Waals surface area (Å²) in [6.07, 6.45) is 2.84. The maximum atomic E-state index is 13.0. The van der Waals surface area contributed by atoms with Crippen molar-refractivity contribution in [3.05, 3.63) is 74.8 Å². The number of carbonyl (C=O) groups is 3. The molecule has 3 rings (SSSR count). The van der Waals surface area contributed by atoms with E-state index in [-0.39, 0.29) is 33.7 Å². The molecule has 1 fully saturated rings. The van der Waals surface area contributed by atoms with Crippen LogP contribution in [0.4, 0.5) is 10.5 Å². The average Bonchev–Trinajstić information content (AvgIpc) is 2.67. The number of amides is 4. The van der Waals surface area contributed by atoms with Crippen LogP contribution in [0.15, 0.2) is 48.6 Å². The molecule has 4 amide bonds. The molecule has 1 aliphatic heterocycles. The maximum Gasteiger partial charge on any atom is 0.335 e. The maximum absolute atomic E-state index is 13.0. The van der Waals surface area contributed by atoms with E-state index in [4.69, 9.17) is 39.5 Å². The van der Waals surface area contributed by atoms with Crippen LogP contribution in [0.3, 0.4) is 0 Å². The van der Waals surface area contributed by atoms with E-state index in [0.29, 0.717) is 16.1 Å². The Bertz CT molecular complexity index is 1090. The van der Waals surface area contributed by atoms with Gasteiger partial charge in [-0.25, -0.2) is 9.69 Å². The quantitative estimate of drug-likeness (QED) is 0.375. The first-order chi connectivity index (χ1) is 14.2. The smallest absolute Gasteiger partial charge is 0.335 e. The standard InChI is InChI=1S/C21H15Cl3N2O4/c1-3-7-30-18-15(23)9-12(10-16(18)24)8-13-19(27)25-21(29)26(20(13)28)17-6-4-5-14(22)11(17)2/h3-6,8-10H,1,7H2,2H3,(H,25,27,29)/b13-8+. The van der Waals surface area contributed by atoms with Crippen molar-refractivity contribution in [2.75, 3.05) is 11.5 Å². The van der Waals surface area contributed by atoms with Gasteiger partial charge < -0.3 is 4.74 Å². The minimum Gasteiger partial charge on any atom is -0.486 e. The number of imide groups is 2. The second-order valence-corrected chi connectivity index (χ2v) is 7.48. The Morgan fingerprint density at radius 2 is 1.77 bits per heavy atom. The molecular formula is C21H15Cl3N2O4. The van der Waals surface area contributed by atoms with Crippen molar-refractivity contribution >= 4 is 64.4 Å². The molecule has 9 heteroatoms. The fourth-order valence-corrected chi connectivity index (χ4v) is 3.61. The van der Waals surface area contributed by atoms with Gasteiger partial charge in [0.2, 0.25) is 0 Å². The lowest BCUT2D eigenvalue weighted by atomic mass is 10.1. The Hall–Kier alpha value is -2.80. The van der Waals surface area contributed by atoms with Gasteiger partial charge in [-0.2, -0.15) is 0 Å². The third-order valence-electron chi connectivity index (χ3n) is 4.26. The first kappa shape index (κ1) is 21.9. The molecule has 1 heterocycles. The van der Waals surface area contributed by atoms with Crippen molar-refractivity contribution in [1.29, 1.82) is 0 Å². The summed E-state index contributed by atoms with van der Waals surface area (Å²) in [5.74, 6) is -1.38. The minimum absolute atomic E-state index is 0.193. The number of nitrogens with one attached hydrogen (secondary N) is 1. The van der Waals surface area contributed by atoms with Crippen molar-refractivity contribution in [2.24, 2.45) is 0 Å². The lowest BCUT2D eigenvalue weighted by Gasteiger charge is -2.27. The Morgan fingerprint density at radius 3 is 2.40 bits per heavy atom. The van der Waals surface area contributed by atoms with E-state index >= 15 is 0 Å². The molecule has 0 saturated carbocycles. The second kappa shape index (κ2) is 8.92. The van der Waals surface area contributed by atoms with Crippen LogP contribution < -0.4 is 15.0 Å². The summed E-state index contributed by atoms with van der Waals surface area (Å²) in [4.78, 5) is 38.6. The van der Waals surface area contributed by atoms with Crippen LogP contribution in [0.5, 0.6) is 5.75 Å². The lowest BCUT2D eigenvalue weighted by Crippen LogP contribution is -2.54. The minimum atomic E-state index is -0.864. The molecule has 154 valence electrons. The monoisotopic (exact) mass is 464 g/mol. The number of benzene rings is 2. The summed E-state index contributed by atoms with van der Waals surface area (Å²) in [5, 5.41) is 2.92. The number of carbonyl (C=O) groups excluding carboxylic acids is 3. The Balaban J connectivity index is 2.03. The second-order valence-electron chi connectivity index (χ2n) is 6.26. The molecule has 0 spiro atoms. The van der Waals surface area contributed by atoms with Gasteiger partial charge in [0.1, 0.15) is 12.2 Å². The fraction of sp³-hybridized carbons (Fsp3) is 0.0952. The number of rotatable bonds is 5. The molecular weight excluding hydrogens is 451 g/mol. The van der Waals surface area contributed by atoms with Crippen LogP contribution in [0.1, 0.15) is 11.1 Å². The average molecular weight is 466 g/mol. The van der Waals surface area contributed by atoms with E-state index in [1.165, 1.54) is 24.3 Å². The normalized spacial score (nSPS) is 15.4.